The summed E-state index contributed by atoms with van der Waals surface area (Å²) in [6, 6.07) is 14.5. The Labute approximate surface area is 211 Å². The number of hydrogen-bond acceptors (Lipinski definition) is 7. The van der Waals surface area contributed by atoms with E-state index in [9.17, 15) is 29.2 Å². The van der Waals surface area contributed by atoms with Gasteiger partial charge in [-0.3, -0.25) is 19.7 Å². The number of non-ortho nitro benzene ring substituents is 1. The molecule has 0 radical (unpaired) electrons. The molecule has 1 heterocycles. The molecule has 0 aromatic heterocycles. The predicted octanol–water partition coefficient (Wildman–Crippen LogP) is 4.42. The molecular weight excluding hydrogens is 483 g/mol. The Bertz CT molecular complexity index is 1380. The lowest BCUT2D eigenvalue weighted by atomic mass is 9.95. The fourth-order valence-corrected chi connectivity index (χ4v) is 4.28. The lowest BCUT2D eigenvalue weighted by Gasteiger charge is -2.25. The van der Waals surface area contributed by atoms with Crippen molar-refractivity contribution in [3.63, 3.8) is 0 Å². The minimum absolute atomic E-state index is 0.0991. The van der Waals surface area contributed by atoms with E-state index in [1.165, 1.54) is 55.5 Å². The van der Waals surface area contributed by atoms with Crippen molar-refractivity contribution >= 4 is 23.1 Å². The van der Waals surface area contributed by atoms with Crippen molar-refractivity contribution in [1.82, 2.24) is 4.90 Å². The van der Waals surface area contributed by atoms with Crippen LogP contribution in [0.2, 0.25) is 0 Å². The molecule has 1 aliphatic rings. The largest absolute Gasteiger partial charge is 0.507 e. The van der Waals surface area contributed by atoms with E-state index < -0.39 is 34.2 Å². The van der Waals surface area contributed by atoms with Gasteiger partial charge in [-0.15, -0.1) is 0 Å². The van der Waals surface area contributed by atoms with Crippen molar-refractivity contribution in [2.45, 2.75) is 12.5 Å². The number of carbonyl (C=O) groups is 2. The Hall–Kier alpha value is -4.73. The highest BCUT2D eigenvalue weighted by Crippen LogP contribution is 2.40. The second-order valence-corrected chi connectivity index (χ2v) is 8.29. The second-order valence-electron chi connectivity index (χ2n) is 8.29. The lowest BCUT2D eigenvalue weighted by molar-refractivity contribution is -0.384. The van der Waals surface area contributed by atoms with Crippen LogP contribution in [0, 0.1) is 15.9 Å². The van der Waals surface area contributed by atoms with Crippen molar-refractivity contribution in [2.75, 3.05) is 20.8 Å². The molecule has 1 aliphatic heterocycles. The van der Waals surface area contributed by atoms with Crippen molar-refractivity contribution in [2.24, 2.45) is 0 Å². The number of nitrogens with zero attached hydrogens (tertiary/aromatic N) is 2. The second kappa shape index (κ2) is 10.5. The van der Waals surface area contributed by atoms with Crippen LogP contribution in [0.3, 0.4) is 0 Å². The minimum Gasteiger partial charge on any atom is -0.507 e. The molecule has 0 saturated carbocycles. The normalized spacial score (nSPS) is 16.6. The zero-order chi connectivity index (χ0) is 26.7. The third-order valence-electron chi connectivity index (χ3n) is 6.17. The molecule has 190 valence electrons. The highest BCUT2D eigenvalue weighted by molar-refractivity contribution is 6.46. The number of methoxy groups -OCH3 is 2. The van der Waals surface area contributed by atoms with Crippen LogP contribution in [0.4, 0.5) is 10.1 Å². The SMILES string of the molecule is COc1ccc(CCN2C(=O)C(=O)/C(=C(\O)c3ccc(F)cc3)C2c2ccc([N+](=O)[O-])cc2)cc1OC. The number of likely N-dealkylation sites (tertiary alicyclic amines) is 1. The Balaban J connectivity index is 1.75. The first-order chi connectivity index (χ1) is 17.7. The third-order valence-corrected chi connectivity index (χ3v) is 6.17. The van der Waals surface area contributed by atoms with Gasteiger partial charge in [0, 0.05) is 24.2 Å². The quantitative estimate of drug-likeness (QED) is 0.158. The molecule has 3 aromatic rings. The number of halogens is 1. The summed E-state index contributed by atoms with van der Waals surface area (Å²) < 4.78 is 24.0. The summed E-state index contributed by atoms with van der Waals surface area (Å²) in [4.78, 5) is 38.1. The molecule has 1 amide bonds. The zero-order valence-corrected chi connectivity index (χ0v) is 20.0. The van der Waals surface area contributed by atoms with Crippen LogP contribution in [0.5, 0.6) is 11.5 Å². The van der Waals surface area contributed by atoms with E-state index in [1.807, 2.05) is 0 Å². The zero-order valence-electron chi connectivity index (χ0n) is 20.0. The van der Waals surface area contributed by atoms with Crippen molar-refractivity contribution in [3.05, 3.63) is 105 Å². The van der Waals surface area contributed by atoms with Crippen LogP contribution >= 0.6 is 0 Å². The van der Waals surface area contributed by atoms with Gasteiger partial charge in [0.1, 0.15) is 11.6 Å². The fourth-order valence-electron chi connectivity index (χ4n) is 4.28. The van der Waals surface area contributed by atoms with E-state index >= 15 is 0 Å². The third kappa shape index (κ3) is 4.99. The molecule has 1 atom stereocenters. The van der Waals surface area contributed by atoms with Gasteiger partial charge in [-0.05, 0) is 66.1 Å². The highest BCUT2D eigenvalue weighted by Gasteiger charge is 2.46. The van der Waals surface area contributed by atoms with E-state index in [4.69, 9.17) is 9.47 Å². The number of nitro benzene ring substituents is 1. The first-order valence-electron chi connectivity index (χ1n) is 11.2. The molecule has 1 fully saturated rings. The highest BCUT2D eigenvalue weighted by atomic mass is 19.1. The standard InChI is InChI=1S/C27H23FN2O7/c1-36-21-12-3-16(15-22(21)37-2)13-14-29-24(17-6-10-20(11-7-17)30(34)35)23(26(32)27(29)33)25(31)18-4-8-19(28)9-5-18/h3-12,15,24,31H,13-14H2,1-2H3/b25-23-. The lowest BCUT2D eigenvalue weighted by Crippen LogP contribution is -2.31. The molecular formula is C27H23FN2O7. The van der Waals surface area contributed by atoms with Crippen molar-refractivity contribution in [1.29, 1.82) is 0 Å². The Kier molecular flexibility index (Phi) is 7.19. The van der Waals surface area contributed by atoms with Gasteiger partial charge in [-0.2, -0.15) is 0 Å². The van der Waals surface area contributed by atoms with E-state index in [2.05, 4.69) is 0 Å². The van der Waals surface area contributed by atoms with E-state index in [-0.39, 0.29) is 23.4 Å². The summed E-state index contributed by atoms with van der Waals surface area (Å²) in [5.41, 5.74) is 1.02. The first kappa shape index (κ1) is 25.4. The molecule has 9 nitrogen and oxygen atoms in total. The molecule has 1 N–H and O–H groups in total. The molecule has 1 unspecified atom stereocenters. The van der Waals surface area contributed by atoms with Crippen LogP contribution in [-0.4, -0.2) is 47.4 Å². The molecule has 10 heteroatoms. The molecule has 0 bridgehead atoms. The summed E-state index contributed by atoms with van der Waals surface area (Å²) >= 11 is 0. The number of rotatable bonds is 8. The summed E-state index contributed by atoms with van der Waals surface area (Å²) in [5, 5.41) is 22.2. The molecule has 3 aromatic carbocycles. The predicted molar refractivity (Wildman–Crippen MR) is 132 cm³/mol. The van der Waals surface area contributed by atoms with Gasteiger partial charge in [0.05, 0.1) is 30.8 Å². The molecule has 0 aliphatic carbocycles. The monoisotopic (exact) mass is 506 g/mol. The summed E-state index contributed by atoms with van der Waals surface area (Å²) in [7, 11) is 3.02. The van der Waals surface area contributed by atoms with E-state index in [0.29, 0.717) is 23.5 Å². The maximum Gasteiger partial charge on any atom is 0.295 e. The summed E-state index contributed by atoms with van der Waals surface area (Å²) in [5.74, 6) is -1.68. The molecule has 1 saturated heterocycles. The van der Waals surface area contributed by atoms with Crippen LogP contribution in [0.1, 0.15) is 22.7 Å². The molecule has 37 heavy (non-hydrogen) atoms. The number of amides is 1. The number of ether oxygens (including phenoxy) is 2. The van der Waals surface area contributed by atoms with Gasteiger partial charge in [-0.1, -0.05) is 6.07 Å². The van der Waals surface area contributed by atoms with Crippen molar-refractivity contribution in [3.8, 4) is 11.5 Å². The van der Waals surface area contributed by atoms with Gasteiger partial charge in [-0.25, -0.2) is 4.39 Å². The summed E-state index contributed by atoms with van der Waals surface area (Å²) in [6.07, 6.45) is 0.341. The number of carbonyl (C=O) groups excluding carboxylic acids is 2. The topological polar surface area (TPSA) is 119 Å². The maximum absolute atomic E-state index is 13.4. The Morgan fingerprint density at radius 2 is 1.65 bits per heavy atom. The average Bonchev–Trinajstić information content (AvgIpc) is 3.16. The fraction of sp³-hybridized carbons (Fsp3) is 0.185. The number of aliphatic hydroxyl groups excluding tert-OH is 1. The van der Waals surface area contributed by atoms with Crippen LogP contribution in [0.25, 0.3) is 5.76 Å². The van der Waals surface area contributed by atoms with Crippen LogP contribution in [0.15, 0.2) is 72.3 Å². The van der Waals surface area contributed by atoms with Gasteiger partial charge in [0.15, 0.2) is 11.5 Å². The number of aliphatic hydroxyl groups is 1. The van der Waals surface area contributed by atoms with Gasteiger partial charge in [0.2, 0.25) is 0 Å². The Morgan fingerprint density at radius 3 is 2.24 bits per heavy atom. The van der Waals surface area contributed by atoms with Gasteiger partial charge >= 0.3 is 0 Å². The number of Topliss-reactive ketones (excluding diaryl/α,β-unsaturated/α-hetero) is 1. The van der Waals surface area contributed by atoms with E-state index in [1.54, 1.807) is 18.2 Å². The average molecular weight is 506 g/mol. The molecule has 0 spiro atoms. The van der Waals surface area contributed by atoms with Crippen LogP contribution in [-0.2, 0) is 16.0 Å². The van der Waals surface area contributed by atoms with Crippen LogP contribution < -0.4 is 9.47 Å². The number of nitro groups is 1. The van der Waals surface area contributed by atoms with Gasteiger partial charge in [0.25, 0.3) is 17.4 Å². The van der Waals surface area contributed by atoms with Crippen molar-refractivity contribution < 1.29 is 33.5 Å². The van der Waals surface area contributed by atoms with Gasteiger partial charge < -0.3 is 19.5 Å². The number of hydrogen-bond donors (Lipinski definition) is 1. The first-order valence-corrected chi connectivity index (χ1v) is 11.2. The smallest absolute Gasteiger partial charge is 0.295 e. The molecule has 4 rings (SSSR count). The maximum atomic E-state index is 13.4. The summed E-state index contributed by atoms with van der Waals surface area (Å²) in [6.45, 7) is 0.0991. The van der Waals surface area contributed by atoms with E-state index in [0.717, 1.165) is 17.7 Å². The minimum atomic E-state index is -1.01. The number of ketones is 1. The number of benzene rings is 3. The Morgan fingerprint density at radius 1 is 1.00 bits per heavy atom.